The van der Waals surface area contributed by atoms with E-state index >= 15 is 0 Å². The summed E-state index contributed by atoms with van der Waals surface area (Å²) in [5, 5.41) is 3.04. The number of rotatable bonds is 6. The lowest BCUT2D eigenvalue weighted by molar-refractivity contribution is 0.355. The summed E-state index contributed by atoms with van der Waals surface area (Å²) in [5.41, 5.74) is 7.73. The summed E-state index contributed by atoms with van der Waals surface area (Å²) in [7, 11) is 3.17. The fourth-order valence-corrected chi connectivity index (χ4v) is 2.37. The van der Waals surface area contributed by atoms with Gasteiger partial charge in [0, 0.05) is 30.3 Å². The monoisotopic (exact) mass is 480 g/mol. The molecular formula is C18H21IN6O2. The molecule has 0 saturated heterocycles. The second-order valence-electron chi connectivity index (χ2n) is 5.39. The zero-order chi connectivity index (χ0) is 18.4. The van der Waals surface area contributed by atoms with Crippen molar-refractivity contribution in [3.63, 3.8) is 0 Å². The second kappa shape index (κ2) is 9.76. The van der Waals surface area contributed by atoms with Crippen molar-refractivity contribution in [3.8, 4) is 17.3 Å². The standard InChI is InChI=1S/C18H20N6O2.HI/c1-25-15-4-3-14(10-16(15)26-2)23-18(19)22-11-13-5-6-21-17(9-13)24-8-7-20-12-24;/h3-10,12H,11H2,1-2H3,(H3,19,22,23);1H. The zero-order valence-electron chi connectivity index (χ0n) is 15.0. The number of methoxy groups -OCH3 is 2. The summed E-state index contributed by atoms with van der Waals surface area (Å²) in [6.45, 7) is 0.427. The van der Waals surface area contributed by atoms with Crippen LogP contribution in [0.1, 0.15) is 5.56 Å². The van der Waals surface area contributed by atoms with Gasteiger partial charge in [0.25, 0.3) is 0 Å². The van der Waals surface area contributed by atoms with Crippen LogP contribution in [0.5, 0.6) is 11.5 Å². The summed E-state index contributed by atoms with van der Waals surface area (Å²) in [5.74, 6) is 2.35. The molecule has 3 rings (SSSR count). The number of aliphatic imine (C=N–C) groups is 1. The van der Waals surface area contributed by atoms with Crippen molar-refractivity contribution in [2.45, 2.75) is 6.54 Å². The van der Waals surface area contributed by atoms with E-state index in [2.05, 4.69) is 20.3 Å². The molecule has 0 fully saturated rings. The largest absolute Gasteiger partial charge is 0.493 e. The minimum atomic E-state index is 0. The van der Waals surface area contributed by atoms with Crippen molar-refractivity contribution < 1.29 is 9.47 Å². The molecule has 8 nitrogen and oxygen atoms in total. The van der Waals surface area contributed by atoms with Gasteiger partial charge in [0.2, 0.25) is 0 Å². The molecule has 2 heterocycles. The average molecular weight is 480 g/mol. The molecule has 142 valence electrons. The van der Waals surface area contributed by atoms with Crippen LogP contribution >= 0.6 is 24.0 Å². The quantitative estimate of drug-likeness (QED) is 0.320. The number of nitrogens with one attached hydrogen (secondary N) is 1. The lowest BCUT2D eigenvalue weighted by Gasteiger charge is -2.11. The molecule has 0 bridgehead atoms. The van der Waals surface area contributed by atoms with E-state index in [1.165, 1.54) is 0 Å². The summed E-state index contributed by atoms with van der Waals surface area (Å²) in [4.78, 5) is 12.7. The second-order valence-corrected chi connectivity index (χ2v) is 5.39. The maximum Gasteiger partial charge on any atom is 0.193 e. The number of ether oxygens (including phenoxy) is 2. The first-order valence-electron chi connectivity index (χ1n) is 7.92. The molecule has 0 atom stereocenters. The third kappa shape index (κ3) is 5.33. The van der Waals surface area contributed by atoms with Crippen LogP contribution in [-0.4, -0.2) is 34.7 Å². The Balaban J connectivity index is 0.00000261. The highest BCUT2D eigenvalue weighted by atomic mass is 127. The van der Waals surface area contributed by atoms with Crippen LogP contribution in [0.3, 0.4) is 0 Å². The Kier molecular flexibility index (Phi) is 7.41. The van der Waals surface area contributed by atoms with Gasteiger partial charge >= 0.3 is 0 Å². The van der Waals surface area contributed by atoms with Gasteiger partial charge in [0.1, 0.15) is 12.1 Å². The number of nitrogens with zero attached hydrogens (tertiary/aromatic N) is 4. The molecule has 0 spiro atoms. The molecule has 2 aromatic heterocycles. The number of anilines is 1. The Morgan fingerprint density at radius 1 is 1.15 bits per heavy atom. The number of hydrogen-bond donors (Lipinski definition) is 2. The molecule has 0 radical (unpaired) electrons. The van der Waals surface area contributed by atoms with E-state index in [4.69, 9.17) is 15.2 Å². The van der Waals surface area contributed by atoms with Gasteiger partial charge in [0.05, 0.1) is 20.8 Å². The van der Waals surface area contributed by atoms with Crippen LogP contribution in [0.15, 0.2) is 60.2 Å². The fourth-order valence-electron chi connectivity index (χ4n) is 2.37. The van der Waals surface area contributed by atoms with E-state index in [0.29, 0.717) is 24.0 Å². The molecule has 9 heteroatoms. The predicted molar refractivity (Wildman–Crippen MR) is 115 cm³/mol. The lowest BCUT2D eigenvalue weighted by Crippen LogP contribution is -2.22. The molecule has 0 saturated carbocycles. The number of halogens is 1. The Morgan fingerprint density at radius 3 is 2.67 bits per heavy atom. The van der Waals surface area contributed by atoms with Gasteiger partial charge in [-0.3, -0.25) is 4.57 Å². The number of nitrogens with two attached hydrogens (primary N) is 1. The van der Waals surface area contributed by atoms with Crippen molar-refractivity contribution in [2.24, 2.45) is 10.7 Å². The number of guanidine groups is 1. The van der Waals surface area contributed by atoms with Gasteiger partial charge in [-0.05, 0) is 29.8 Å². The maximum atomic E-state index is 5.98. The third-order valence-electron chi connectivity index (χ3n) is 3.67. The van der Waals surface area contributed by atoms with Crippen LogP contribution in [0, 0.1) is 0 Å². The summed E-state index contributed by atoms with van der Waals surface area (Å²) in [6, 6.07) is 9.27. The first-order chi connectivity index (χ1) is 12.7. The molecule has 0 unspecified atom stereocenters. The minimum absolute atomic E-state index is 0. The molecule has 0 aliphatic heterocycles. The molecular weight excluding hydrogens is 459 g/mol. The maximum absolute atomic E-state index is 5.98. The molecule has 3 N–H and O–H groups in total. The highest BCUT2D eigenvalue weighted by Crippen LogP contribution is 2.29. The molecule has 27 heavy (non-hydrogen) atoms. The number of benzene rings is 1. The predicted octanol–water partition coefficient (Wildman–Crippen LogP) is 2.83. The first kappa shape index (κ1) is 20.5. The minimum Gasteiger partial charge on any atom is -0.493 e. The van der Waals surface area contributed by atoms with Crippen molar-refractivity contribution in [1.82, 2.24) is 14.5 Å². The Labute approximate surface area is 174 Å². The van der Waals surface area contributed by atoms with E-state index in [-0.39, 0.29) is 24.0 Å². The van der Waals surface area contributed by atoms with Crippen LogP contribution in [0.2, 0.25) is 0 Å². The van der Waals surface area contributed by atoms with Gasteiger partial charge in [-0.25, -0.2) is 15.0 Å². The van der Waals surface area contributed by atoms with Gasteiger partial charge in [0.15, 0.2) is 17.5 Å². The number of pyridine rings is 1. The van der Waals surface area contributed by atoms with E-state index in [1.807, 2.05) is 29.0 Å². The normalized spacial score (nSPS) is 10.8. The van der Waals surface area contributed by atoms with E-state index in [0.717, 1.165) is 17.1 Å². The van der Waals surface area contributed by atoms with Gasteiger partial charge in [-0.2, -0.15) is 0 Å². The van der Waals surface area contributed by atoms with Gasteiger partial charge in [-0.1, -0.05) is 0 Å². The number of aromatic nitrogens is 3. The fraction of sp³-hybridized carbons (Fsp3) is 0.167. The highest BCUT2D eigenvalue weighted by Gasteiger charge is 2.05. The van der Waals surface area contributed by atoms with E-state index < -0.39 is 0 Å². The van der Waals surface area contributed by atoms with Gasteiger partial charge in [-0.15, -0.1) is 24.0 Å². The van der Waals surface area contributed by atoms with Crippen molar-refractivity contribution >= 4 is 35.6 Å². The summed E-state index contributed by atoms with van der Waals surface area (Å²) >= 11 is 0. The zero-order valence-corrected chi connectivity index (χ0v) is 17.3. The molecule has 0 aliphatic carbocycles. The first-order valence-corrected chi connectivity index (χ1v) is 7.92. The topological polar surface area (TPSA) is 99.6 Å². The van der Waals surface area contributed by atoms with Crippen LogP contribution in [-0.2, 0) is 6.54 Å². The lowest BCUT2D eigenvalue weighted by atomic mass is 10.2. The van der Waals surface area contributed by atoms with E-state index in [1.54, 1.807) is 45.1 Å². The van der Waals surface area contributed by atoms with Crippen LogP contribution in [0.25, 0.3) is 5.82 Å². The Hall–Kier alpha value is -2.82. The van der Waals surface area contributed by atoms with Crippen molar-refractivity contribution in [1.29, 1.82) is 0 Å². The highest BCUT2D eigenvalue weighted by molar-refractivity contribution is 14.0. The Bertz CT molecular complexity index is 899. The molecule has 3 aromatic rings. The summed E-state index contributed by atoms with van der Waals surface area (Å²) < 4.78 is 12.3. The average Bonchev–Trinajstić information content (AvgIpc) is 3.21. The van der Waals surface area contributed by atoms with Crippen molar-refractivity contribution in [3.05, 3.63) is 60.8 Å². The van der Waals surface area contributed by atoms with Gasteiger partial charge < -0.3 is 20.5 Å². The van der Waals surface area contributed by atoms with Crippen LogP contribution in [0.4, 0.5) is 5.69 Å². The SMILES string of the molecule is COc1ccc(NC(N)=NCc2ccnc(-n3ccnc3)c2)cc1OC.I. The van der Waals surface area contributed by atoms with Crippen molar-refractivity contribution in [2.75, 3.05) is 19.5 Å². The van der Waals surface area contributed by atoms with Crippen LogP contribution < -0.4 is 20.5 Å². The molecule has 1 aromatic carbocycles. The molecule has 0 aliphatic rings. The third-order valence-corrected chi connectivity index (χ3v) is 3.67. The summed E-state index contributed by atoms with van der Waals surface area (Å²) in [6.07, 6.45) is 6.97. The Morgan fingerprint density at radius 2 is 1.96 bits per heavy atom. The van der Waals surface area contributed by atoms with E-state index in [9.17, 15) is 0 Å². The molecule has 0 amide bonds. The number of imidazole rings is 1. The smallest absolute Gasteiger partial charge is 0.193 e. The number of hydrogen-bond acceptors (Lipinski definition) is 5.